The molecule has 1 aliphatic rings. The minimum absolute atomic E-state index is 0.182. The molecule has 0 unspecified atom stereocenters. The highest BCUT2D eigenvalue weighted by molar-refractivity contribution is 6.33. The van der Waals surface area contributed by atoms with Gasteiger partial charge in [-0.25, -0.2) is 9.97 Å². The highest BCUT2D eigenvalue weighted by Crippen LogP contribution is 2.19. The summed E-state index contributed by atoms with van der Waals surface area (Å²) in [4.78, 5) is 12.9. The lowest BCUT2D eigenvalue weighted by Crippen LogP contribution is -2.53. The number of rotatable bonds is 3. The third-order valence-corrected chi connectivity index (χ3v) is 3.37. The van der Waals surface area contributed by atoms with Crippen LogP contribution in [0.5, 0.6) is 5.75 Å². The van der Waals surface area contributed by atoms with E-state index in [0.717, 1.165) is 26.2 Å². The quantitative estimate of drug-likeness (QED) is 0.738. The standard InChI is InChI=1S/C12H21BN4O3/c1-12(2,3)17-6-4-16(5-7-17)11-14-8-10(9-15-11)20-13(18)19/h8-9,18-19H,4-7H2,1-3H3. The Morgan fingerprint density at radius 1 is 1.10 bits per heavy atom. The topological polar surface area (TPSA) is 82.0 Å². The molecule has 110 valence electrons. The SMILES string of the molecule is CC(C)(C)N1CCN(c2ncc(OB(O)O)cn2)CC1. The Morgan fingerprint density at radius 2 is 1.65 bits per heavy atom. The largest absolute Gasteiger partial charge is 0.707 e. The average Bonchev–Trinajstić information content (AvgIpc) is 2.38. The van der Waals surface area contributed by atoms with Crippen LogP contribution in [0.4, 0.5) is 5.95 Å². The average molecular weight is 280 g/mol. The van der Waals surface area contributed by atoms with Gasteiger partial charge in [0.1, 0.15) is 5.75 Å². The summed E-state index contributed by atoms with van der Waals surface area (Å²) in [5, 5.41) is 17.4. The molecule has 2 rings (SSSR count). The Bertz CT molecular complexity index is 427. The first kappa shape index (κ1) is 15.0. The summed E-state index contributed by atoms with van der Waals surface area (Å²) in [5.74, 6) is 0.871. The highest BCUT2D eigenvalue weighted by Gasteiger charge is 2.26. The molecular formula is C12H21BN4O3. The lowest BCUT2D eigenvalue weighted by molar-refractivity contribution is 0.128. The maximum absolute atomic E-state index is 8.69. The number of nitrogens with zero attached hydrogens (tertiary/aromatic N) is 4. The summed E-state index contributed by atoms with van der Waals surface area (Å²) in [6, 6.07) is 0. The van der Waals surface area contributed by atoms with Gasteiger partial charge in [-0.1, -0.05) is 0 Å². The number of piperazine rings is 1. The van der Waals surface area contributed by atoms with Gasteiger partial charge in [-0.15, -0.1) is 0 Å². The molecule has 0 aromatic carbocycles. The van der Waals surface area contributed by atoms with Crippen LogP contribution in [0, 0.1) is 0 Å². The minimum Gasteiger partial charge on any atom is -0.509 e. The smallest absolute Gasteiger partial charge is 0.509 e. The second-order valence-corrected chi connectivity index (χ2v) is 5.81. The molecule has 20 heavy (non-hydrogen) atoms. The number of anilines is 1. The molecule has 8 heteroatoms. The third kappa shape index (κ3) is 3.81. The van der Waals surface area contributed by atoms with E-state index in [1.807, 2.05) is 0 Å². The minimum atomic E-state index is -1.85. The van der Waals surface area contributed by atoms with Gasteiger partial charge in [0.15, 0.2) is 0 Å². The molecule has 1 aromatic rings. The van der Waals surface area contributed by atoms with E-state index in [4.69, 9.17) is 10.0 Å². The first-order chi connectivity index (χ1) is 9.36. The molecule has 0 radical (unpaired) electrons. The fourth-order valence-electron chi connectivity index (χ4n) is 2.23. The van der Waals surface area contributed by atoms with Crippen LogP contribution in [0.3, 0.4) is 0 Å². The number of hydrogen-bond acceptors (Lipinski definition) is 7. The van der Waals surface area contributed by atoms with E-state index in [0.29, 0.717) is 5.95 Å². The lowest BCUT2D eigenvalue weighted by atomic mass is 10.1. The Morgan fingerprint density at radius 3 is 2.10 bits per heavy atom. The van der Waals surface area contributed by atoms with Crippen LogP contribution < -0.4 is 9.55 Å². The fourth-order valence-corrected chi connectivity index (χ4v) is 2.23. The van der Waals surface area contributed by atoms with Crippen LogP contribution in [-0.2, 0) is 0 Å². The van der Waals surface area contributed by atoms with Crippen molar-refractivity contribution in [3.05, 3.63) is 12.4 Å². The van der Waals surface area contributed by atoms with Crippen molar-refractivity contribution in [2.75, 3.05) is 31.1 Å². The van der Waals surface area contributed by atoms with Crippen molar-refractivity contribution in [2.24, 2.45) is 0 Å². The molecule has 1 fully saturated rings. The van der Waals surface area contributed by atoms with Crippen molar-refractivity contribution >= 4 is 13.3 Å². The van der Waals surface area contributed by atoms with Crippen LogP contribution in [-0.4, -0.2) is 64.0 Å². The van der Waals surface area contributed by atoms with Gasteiger partial charge < -0.3 is 19.6 Å². The zero-order chi connectivity index (χ0) is 14.8. The molecule has 2 N–H and O–H groups in total. The Labute approximate surface area is 119 Å². The normalized spacial score (nSPS) is 17.1. The van der Waals surface area contributed by atoms with Gasteiger partial charge in [0.25, 0.3) is 0 Å². The molecule has 0 amide bonds. The van der Waals surface area contributed by atoms with Gasteiger partial charge in [0.2, 0.25) is 5.95 Å². The van der Waals surface area contributed by atoms with E-state index in [1.165, 1.54) is 12.4 Å². The maximum atomic E-state index is 8.69. The van der Waals surface area contributed by atoms with Crippen molar-refractivity contribution in [3.8, 4) is 5.75 Å². The van der Waals surface area contributed by atoms with Crippen molar-refractivity contribution in [2.45, 2.75) is 26.3 Å². The van der Waals surface area contributed by atoms with Crippen LogP contribution >= 0.6 is 0 Å². The molecule has 0 saturated carbocycles. The van der Waals surface area contributed by atoms with Gasteiger partial charge in [0.05, 0.1) is 12.4 Å². The van der Waals surface area contributed by atoms with Crippen molar-refractivity contribution < 1.29 is 14.7 Å². The Balaban J connectivity index is 1.94. The lowest BCUT2D eigenvalue weighted by Gasteiger charge is -2.42. The van der Waals surface area contributed by atoms with Crippen LogP contribution in [0.1, 0.15) is 20.8 Å². The summed E-state index contributed by atoms with van der Waals surface area (Å²) in [6.07, 6.45) is 2.88. The van der Waals surface area contributed by atoms with E-state index in [9.17, 15) is 0 Å². The second-order valence-electron chi connectivity index (χ2n) is 5.81. The Hall–Kier alpha value is -1.38. The zero-order valence-electron chi connectivity index (χ0n) is 12.2. The first-order valence-electron chi connectivity index (χ1n) is 6.71. The molecule has 0 atom stereocenters. The molecule has 1 aromatic heterocycles. The molecule has 2 heterocycles. The zero-order valence-corrected chi connectivity index (χ0v) is 12.2. The Kier molecular flexibility index (Phi) is 4.47. The van der Waals surface area contributed by atoms with E-state index < -0.39 is 7.32 Å². The molecule has 0 bridgehead atoms. The van der Waals surface area contributed by atoms with Crippen molar-refractivity contribution in [3.63, 3.8) is 0 Å². The van der Waals surface area contributed by atoms with Gasteiger partial charge in [-0.2, -0.15) is 0 Å². The van der Waals surface area contributed by atoms with Crippen LogP contribution in [0.2, 0.25) is 0 Å². The fraction of sp³-hybridized carbons (Fsp3) is 0.667. The van der Waals surface area contributed by atoms with Crippen molar-refractivity contribution in [1.29, 1.82) is 0 Å². The van der Waals surface area contributed by atoms with Gasteiger partial charge in [0, 0.05) is 31.7 Å². The monoisotopic (exact) mass is 280 g/mol. The van der Waals surface area contributed by atoms with Gasteiger partial charge in [-0.3, -0.25) is 4.90 Å². The molecule has 0 spiro atoms. The van der Waals surface area contributed by atoms with Crippen molar-refractivity contribution in [1.82, 2.24) is 14.9 Å². The predicted octanol–water partition coefficient (Wildman–Crippen LogP) is -0.255. The molecular weight excluding hydrogens is 259 g/mol. The summed E-state index contributed by atoms with van der Waals surface area (Å²) in [7, 11) is -1.85. The number of hydrogen-bond donors (Lipinski definition) is 2. The van der Waals surface area contributed by atoms with Gasteiger partial charge >= 0.3 is 7.32 Å². The molecule has 0 aliphatic carbocycles. The predicted molar refractivity (Wildman–Crippen MR) is 76.4 cm³/mol. The maximum Gasteiger partial charge on any atom is 0.707 e. The van der Waals surface area contributed by atoms with E-state index in [-0.39, 0.29) is 11.3 Å². The third-order valence-electron chi connectivity index (χ3n) is 3.37. The summed E-state index contributed by atoms with van der Waals surface area (Å²) in [6.45, 7) is 10.3. The molecule has 1 aliphatic heterocycles. The van der Waals surface area contributed by atoms with E-state index in [1.54, 1.807) is 0 Å². The summed E-state index contributed by atoms with van der Waals surface area (Å²) in [5.41, 5.74) is 0.182. The van der Waals surface area contributed by atoms with E-state index in [2.05, 4.69) is 45.2 Å². The molecule has 1 saturated heterocycles. The van der Waals surface area contributed by atoms with E-state index >= 15 is 0 Å². The summed E-state index contributed by atoms with van der Waals surface area (Å²) < 4.78 is 4.68. The molecule has 7 nitrogen and oxygen atoms in total. The first-order valence-corrected chi connectivity index (χ1v) is 6.71. The van der Waals surface area contributed by atoms with Crippen LogP contribution in [0.25, 0.3) is 0 Å². The van der Waals surface area contributed by atoms with Crippen LogP contribution in [0.15, 0.2) is 12.4 Å². The number of aromatic nitrogens is 2. The highest BCUT2D eigenvalue weighted by atomic mass is 16.6. The summed E-state index contributed by atoms with van der Waals surface area (Å²) >= 11 is 0. The second kappa shape index (κ2) is 5.95. The van der Waals surface area contributed by atoms with Gasteiger partial charge in [-0.05, 0) is 20.8 Å².